The lowest BCUT2D eigenvalue weighted by atomic mass is 9.98. The maximum Gasteiger partial charge on any atom is 0.193 e. The summed E-state index contributed by atoms with van der Waals surface area (Å²) in [5, 5.41) is 10.3. The largest absolute Gasteiger partial charge is 0.393 e. The third kappa shape index (κ3) is 8.09. The molecule has 2 rings (SSSR count). The molecule has 146 valence electrons. The summed E-state index contributed by atoms with van der Waals surface area (Å²) in [5.74, 6) is 0.0432. The first-order valence-electron chi connectivity index (χ1n) is 10.6. The zero-order valence-electron chi connectivity index (χ0n) is 16.7. The van der Waals surface area contributed by atoms with E-state index in [0.29, 0.717) is 17.5 Å². The number of hydrogen-bond acceptors (Lipinski definition) is 2. The van der Waals surface area contributed by atoms with Gasteiger partial charge >= 0.3 is 0 Å². The summed E-state index contributed by atoms with van der Waals surface area (Å²) in [4.78, 5) is 12.4. The molecular formula is C25H34O2. The van der Waals surface area contributed by atoms with Gasteiger partial charge in [0.05, 0.1) is 6.10 Å². The second-order valence-corrected chi connectivity index (χ2v) is 7.51. The van der Waals surface area contributed by atoms with Gasteiger partial charge in [-0.1, -0.05) is 113 Å². The Morgan fingerprint density at radius 2 is 1.33 bits per heavy atom. The molecule has 0 aliphatic rings. The normalized spacial score (nSPS) is 12.1. The zero-order valence-corrected chi connectivity index (χ0v) is 16.7. The van der Waals surface area contributed by atoms with Crippen molar-refractivity contribution in [2.45, 2.75) is 77.2 Å². The SMILES string of the molecule is CCCCCCCCCCC(O)Cc1ccc(C(=O)c2ccccc2)cc1. The van der Waals surface area contributed by atoms with Gasteiger partial charge in [0, 0.05) is 11.1 Å². The third-order valence-electron chi connectivity index (χ3n) is 5.11. The lowest BCUT2D eigenvalue weighted by Crippen LogP contribution is -2.10. The van der Waals surface area contributed by atoms with Gasteiger partial charge in [-0.25, -0.2) is 0 Å². The van der Waals surface area contributed by atoms with Crippen LogP contribution in [0.3, 0.4) is 0 Å². The van der Waals surface area contributed by atoms with Crippen LogP contribution >= 0.6 is 0 Å². The van der Waals surface area contributed by atoms with Crippen molar-refractivity contribution in [2.75, 3.05) is 0 Å². The van der Waals surface area contributed by atoms with E-state index in [4.69, 9.17) is 0 Å². The Bertz CT molecular complexity index is 646. The molecule has 0 aliphatic carbocycles. The molecule has 0 spiro atoms. The van der Waals surface area contributed by atoms with E-state index >= 15 is 0 Å². The molecule has 2 heteroatoms. The van der Waals surface area contributed by atoms with Crippen molar-refractivity contribution < 1.29 is 9.90 Å². The van der Waals surface area contributed by atoms with Crippen LogP contribution in [-0.4, -0.2) is 17.0 Å². The maximum absolute atomic E-state index is 12.4. The van der Waals surface area contributed by atoms with Crippen LogP contribution in [0.2, 0.25) is 0 Å². The molecule has 0 aromatic heterocycles. The summed E-state index contributed by atoms with van der Waals surface area (Å²) in [6.07, 6.45) is 11.5. The van der Waals surface area contributed by atoms with Gasteiger partial charge in [-0.2, -0.15) is 0 Å². The van der Waals surface area contributed by atoms with Gasteiger partial charge in [0.25, 0.3) is 0 Å². The molecule has 0 aliphatic heterocycles. The summed E-state index contributed by atoms with van der Waals surface area (Å²) in [6, 6.07) is 17.0. The van der Waals surface area contributed by atoms with E-state index in [2.05, 4.69) is 6.92 Å². The standard InChI is InChI=1S/C25H34O2/c1-2-3-4-5-6-7-8-12-15-24(26)20-21-16-18-23(19-17-21)25(27)22-13-10-9-11-14-22/h9-11,13-14,16-19,24,26H,2-8,12,15,20H2,1H3. The van der Waals surface area contributed by atoms with Gasteiger partial charge in [-0.15, -0.1) is 0 Å². The minimum Gasteiger partial charge on any atom is -0.393 e. The second-order valence-electron chi connectivity index (χ2n) is 7.51. The van der Waals surface area contributed by atoms with Gasteiger partial charge < -0.3 is 5.11 Å². The van der Waals surface area contributed by atoms with Gasteiger partial charge in [-0.05, 0) is 18.4 Å². The molecule has 27 heavy (non-hydrogen) atoms. The quantitative estimate of drug-likeness (QED) is 0.331. The van der Waals surface area contributed by atoms with Crippen LogP contribution in [0, 0.1) is 0 Å². The lowest BCUT2D eigenvalue weighted by Gasteiger charge is -2.11. The lowest BCUT2D eigenvalue weighted by molar-refractivity contribution is 0.103. The number of hydrogen-bond donors (Lipinski definition) is 1. The van der Waals surface area contributed by atoms with E-state index in [0.717, 1.165) is 18.4 Å². The fourth-order valence-corrected chi connectivity index (χ4v) is 3.44. The zero-order chi connectivity index (χ0) is 19.3. The molecule has 0 bridgehead atoms. The molecule has 2 nitrogen and oxygen atoms in total. The smallest absolute Gasteiger partial charge is 0.193 e. The number of rotatable bonds is 13. The first kappa shape index (κ1) is 21.4. The van der Waals surface area contributed by atoms with Gasteiger partial charge in [0.1, 0.15) is 0 Å². The number of unbranched alkanes of at least 4 members (excludes halogenated alkanes) is 7. The number of carbonyl (C=O) groups is 1. The van der Waals surface area contributed by atoms with Crippen LogP contribution in [0.1, 0.15) is 86.2 Å². The van der Waals surface area contributed by atoms with Crippen molar-refractivity contribution in [3.8, 4) is 0 Å². The molecule has 2 aromatic rings. The number of aliphatic hydroxyl groups excluding tert-OH is 1. The van der Waals surface area contributed by atoms with Crippen LogP contribution < -0.4 is 0 Å². The summed E-state index contributed by atoms with van der Waals surface area (Å²) in [7, 11) is 0. The first-order chi connectivity index (χ1) is 13.2. The van der Waals surface area contributed by atoms with E-state index in [1.807, 2.05) is 54.6 Å². The Morgan fingerprint density at radius 1 is 0.778 bits per heavy atom. The van der Waals surface area contributed by atoms with Crippen LogP contribution in [0.25, 0.3) is 0 Å². The van der Waals surface area contributed by atoms with Crippen molar-refractivity contribution >= 4 is 5.78 Å². The predicted molar refractivity (Wildman–Crippen MR) is 113 cm³/mol. The minimum absolute atomic E-state index is 0.0432. The molecule has 1 unspecified atom stereocenters. The van der Waals surface area contributed by atoms with Crippen LogP contribution in [-0.2, 0) is 6.42 Å². The number of ketones is 1. The third-order valence-corrected chi connectivity index (χ3v) is 5.11. The van der Waals surface area contributed by atoms with Gasteiger partial charge in [0.15, 0.2) is 5.78 Å². The van der Waals surface area contributed by atoms with Crippen molar-refractivity contribution in [1.29, 1.82) is 0 Å². The van der Waals surface area contributed by atoms with E-state index in [1.165, 1.54) is 44.9 Å². The molecule has 0 amide bonds. The van der Waals surface area contributed by atoms with Crippen molar-refractivity contribution in [2.24, 2.45) is 0 Å². The summed E-state index contributed by atoms with van der Waals surface area (Å²) in [5.41, 5.74) is 2.49. The fourth-order valence-electron chi connectivity index (χ4n) is 3.44. The van der Waals surface area contributed by atoms with Crippen molar-refractivity contribution in [1.82, 2.24) is 0 Å². The highest BCUT2D eigenvalue weighted by atomic mass is 16.3. The van der Waals surface area contributed by atoms with E-state index in [-0.39, 0.29) is 11.9 Å². The highest BCUT2D eigenvalue weighted by molar-refractivity contribution is 6.08. The molecule has 1 atom stereocenters. The monoisotopic (exact) mass is 366 g/mol. The Balaban J connectivity index is 1.67. The van der Waals surface area contributed by atoms with E-state index in [1.54, 1.807) is 0 Å². The number of carbonyl (C=O) groups excluding carboxylic acids is 1. The minimum atomic E-state index is -0.291. The molecular weight excluding hydrogens is 332 g/mol. The molecule has 0 heterocycles. The second kappa shape index (κ2) is 12.5. The predicted octanol–water partition coefficient (Wildman–Crippen LogP) is 6.35. The van der Waals surface area contributed by atoms with Crippen molar-refractivity contribution in [3.63, 3.8) is 0 Å². The van der Waals surface area contributed by atoms with Gasteiger partial charge in [-0.3, -0.25) is 4.79 Å². The highest BCUT2D eigenvalue weighted by Gasteiger charge is 2.10. The average Bonchev–Trinajstić information content (AvgIpc) is 2.70. The molecule has 0 saturated heterocycles. The molecule has 0 saturated carbocycles. The average molecular weight is 367 g/mol. The Labute approximate surface area is 164 Å². The van der Waals surface area contributed by atoms with Crippen LogP contribution in [0.15, 0.2) is 54.6 Å². The molecule has 0 fully saturated rings. The number of aliphatic hydroxyl groups is 1. The summed E-state index contributed by atoms with van der Waals surface area (Å²) >= 11 is 0. The topological polar surface area (TPSA) is 37.3 Å². The fraction of sp³-hybridized carbons (Fsp3) is 0.480. The molecule has 2 aromatic carbocycles. The van der Waals surface area contributed by atoms with Crippen molar-refractivity contribution in [3.05, 3.63) is 71.3 Å². The number of benzene rings is 2. The molecule has 1 N–H and O–H groups in total. The maximum atomic E-state index is 12.4. The van der Waals surface area contributed by atoms with E-state index in [9.17, 15) is 9.90 Å². The van der Waals surface area contributed by atoms with E-state index < -0.39 is 0 Å². The Kier molecular flexibility index (Phi) is 9.86. The highest BCUT2D eigenvalue weighted by Crippen LogP contribution is 2.15. The Morgan fingerprint density at radius 3 is 1.96 bits per heavy atom. The molecule has 0 radical (unpaired) electrons. The van der Waals surface area contributed by atoms with Crippen LogP contribution in [0.5, 0.6) is 0 Å². The summed E-state index contributed by atoms with van der Waals surface area (Å²) in [6.45, 7) is 2.25. The first-order valence-corrected chi connectivity index (χ1v) is 10.6. The van der Waals surface area contributed by atoms with Crippen LogP contribution in [0.4, 0.5) is 0 Å². The van der Waals surface area contributed by atoms with Gasteiger partial charge in [0.2, 0.25) is 0 Å². The summed E-state index contributed by atoms with van der Waals surface area (Å²) < 4.78 is 0. The Hall–Kier alpha value is -1.93.